The van der Waals surface area contributed by atoms with Gasteiger partial charge in [-0.05, 0) is 24.7 Å². The average molecular weight is 343 g/mol. The summed E-state index contributed by atoms with van der Waals surface area (Å²) in [6, 6.07) is 5.25. The summed E-state index contributed by atoms with van der Waals surface area (Å²) in [4.78, 5) is 5.84. The van der Waals surface area contributed by atoms with E-state index in [0.717, 1.165) is 0 Å². The standard InChI is InChI=1S/C15H16F3N3O3/c1-2-21(6-5-15(16,17)18)8-13-19-14(20-24-13)10-3-4-11-12(7-10)23-9-22-11/h3-4,7H,2,5-6,8-9H2,1H3. The van der Waals surface area contributed by atoms with Gasteiger partial charge in [0.1, 0.15) is 0 Å². The molecule has 24 heavy (non-hydrogen) atoms. The number of halogens is 3. The van der Waals surface area contributed by atoms with Crippen LogP contribution in [0.25, 0.3) is 11.4 Å². The molecular formula is C15H16F3N3O3. The first-order chi connectivity index (χ1) is 11.4. The highest BCUT2D eigenvalue weighted by Crippen LogP contribution is 2.35. The molecule has 0 radical (unpaired) electrons. The number of benzene rings is 1. The molecule has 0 saturated heterocycles. The second-order valence-corrected chi connectivity index (χ2v) is 5.31. The lowest BCUT2D eigenvalue weighted by atomic mass is 10.2. The number of rotatable bonds is 6. The van der Waals surface area contributed by atoms with Gasteiger partial charge in [-0.2, -0.15) is 18.2 Å². The van der Waals surface area contributed by atoms with Crippen LogP contribution in [-0.2, 0) is 6.54 Å². The van der Waals surface area contributed by atoms with E-state index in [9.17, 15) is 13.2 Å². The molecular weight excluding hydrogens is 327 g/mol. The van der Waals surface area contributed by atoms with Gasteiger partial charge in [-0.15, -0.1) is 0 Å². The molecule has 1 aliphatic heterocycles. The third-order valence-electron chi connectivity index (χ3n) is 3.62. The van der Waals surface area contributed by atoms with Crippen molar-refractivity contribution in [3.05, 3.63) is 24.1 Å². The van der Waals surface area contributed by atoms with Crippen LogP contribution in [0.4, 0.5) is 13.2 Å². The predicted molar refractivity (Wildman–Crippen MR) is 77.5 cm³/mol. The van der Waals surface area contributed by atoms with Crippen molar-refractivity contribution in [3.63, 3.8) is 0 Å². The van der Waals surface area contributed by atoms with Crippen molar-refractivity contribution in [1.82, 2.24) is 15.0 Å². The SMILES string of the molecule is CCN(CCC(F)(F)F)Cc1nc(-c2ccc3c(c2)OCO3)no1. The smallest absolute Gasteiger partial charge is 0.390 e. The molecule has 9 heteroatoms. The number of hydrogen-bond acceptors (Lipinski definition) is 6. The first-order valence-electron chi connectivity index (χ1n) is 7.46. The maximum atomic E-state index is 12.3. The molecule has 2 heterocycles. The fraction of sp³-hybridized carbons (Fsp3) is 0.467. The average Bonchev–Trinajstić information content (AvgIpc) is 3.18. The van der Waals surface area contributed by atoms with Gasteiger partial charge in [0.05, 0.1) is 13.0 Å². The molecule has 0 amide bonds. The normalized spacial score (nSPS) is 13.7. The highest BCUT2D eigenvalue weighted by molar-refractivity contribution is 5.61. The first kappa shape index (κ1) is 16.6. The van der Waals surface area contributed by atoms with Gasteiger partial charge in [-0.1, -0.05) is 12.1 Å². The Morgan fingerprint density at radius 3 is 2.75 bits per heavy atom. The van der Waals surface area contributed by atoms with Crippen molar-refractivity contribution in [2.45, 2.75) is 26.1 Å². The lowest BCUT2D eigenvalue weighted by molar-refractivity contribution is -0.138. The molecule has 0 unspecified atom stereocenters. The molecule has 0 bridgehead atoms. The summed E-state index contributed by atoms with van der Waals surface area (Å²) in [6.07, 6.45) is -5.05. The minimum Gasteiger partial charge on any atom is -0.454 e. The van der Waals surface area contributed by atoms with E-state index >= 15 is 0 Å². The van der Waals surface area contributed by atoms with Crippen LogP contribution in [0.15, 0.2) is 22.7 Å². The van der Waals surface area contributed by atoms with E-state index in [4.69, 9.17) is 14.0 Å². The molecule has 6 nitrogen and oxygen atoms in total. The van der Waals surface area contributed by atoms with Gasteiger partial charge in [0.15, 0.2) is 11.5 Å². The summed E-state index contributed by atoms with van der Waals surface area (Å²) in [5.41, 5.74) is 0.688. The Morgan fingerprint density at radius 2 is 2.00 bits per heavy atom. The van der Waals surface area contributed by atoms with Gasteiger partial charge >= 0.3 is 6.18 Å². The minimum atomic E-state index is -4.18. The Morgan fingerprint density at radius 1 is 1.21 bits per heavy atom. The fourth-order valence-electron chi connectivity index (χ4n) is 2.30. The Balaban J connectivity index is 1.66. The maximum Gasteiger partial charge on any atom is 0.390 e. The molecule has 0 aliphatic carbocycles. The van der Waals surface area contributed by atoms with E-state index in [1.54, 1.807) is 30.0 Å². The lowest BCUT2D eigenvalue weighted by Crippen LogP contribution is -2.27. The van der Waals surface area contributed by atoms with E-state index in [1.807, 2.05) is 0 Å². The maximum absolute atomic E-state index is 12.3. The van der Waals surface area contributed by atoms with Gasteiger partial charge in [0.25, 0.3) is 0 Å². The van der Waals surface area contributed by atoms with Crippen molar-refractivity contribution >= 4 is 0 Å². The monoisotopic (exact) mass is 343 g/mol. The highest BCUT2D eigenvalue weighted by atomic mass is 19.4. The van der Waals surface area contributed by atoms with Crippen LogP contribution < -0.4 is 9.47 Å². The molecule has 0 atom stereocenters. The summed E-state index contributed by atoms with van der Waals surface area (Å²) in [7, 11) is 0. The third-order valence-corrected chi connectivity index (χ3v) is 3.62. The summed E-state index contributed by atoms with van der Waals surface area (Å²) in [5.74, 6) is 1.87. The Hall–Kier alpha value is -2.29. The molecule has 0 saturated carbocycles. The summed E-state index contributed by atoms with van der Waals surface area (Å²) < 4.78 is 52.6. The van der Waals surface area contributed by atoms with Crippen molar-refractivity contribution in [2.24, 2.45) is 0 Å². The number of nitrogens with zero attached hydrogens (tertiary/aromatic N) is 3. The lowest BCUT2D eigenvalue weighted by Gasteiger charge is -2.18. The highest BCUT2D eigenvalue weighted by Gasteiger charge is 2.28. The molecule has 1 aromatic carbocycles. The van der Waals surface area contributed by atoms with E-state index in [2.05, 4.69) is 10.1 Å². The van der Waals surface area contributed by atoms with Crippen LogP contribution in [0.3, 0.4) is 0 Å². The summed E-state index contributed by atoms with van der Waals surface area (Å²) in [6.45, 7) is 2.47. The van der Waals surface area contributed by atoms with E-state index in [-0.39, 0.29) is 25.8 Å². The quantitative estimate of drug-likeness (QED) is 0.802. The van der Waals surface area contributed by atoms with Gasteiger partial charge in [-0.3, -0.25) is 4.90 Å². The van der Waals surface area contributed by atoms with Gasteiger partial charge in [0.2, 0.25) is 18.5 Å². The summed E-state index contributed by atoms with van der Waals surface area (Å²) in [5, 5.41) is 3.88. The van der Waals surface area contributed by atoms with Crippen LogP contribution >= 0.6 is 0 Å². The summed E-state index contributed by atoms with van der Waals surface area (Å²) >= 11 is 0. The molecule has 0 spiro atoms. The molecule has 0 fully saturated rings. The van der Waals surface area contributed by atoms with Gasteiger partial charge in [0, 0.05) is 12.1 Å². The number of alkyl halides is 3. The van der Waals surface area contributed by atoms with E-state index in [0.29, 0.717) is 29.4 Å². The van der Waals surface area contributed by atoms with Crippen molar-refractivity contribution in [2.75, 3.05) is 19.9 Å². The van der Waals surface area contributed by atoms with Crippen molar-refractivity contribution in [1.29, 1.82) is 0 Å². The molecule has 2 aromatic rings. The zero-order valence-electron chi connectivity index (χ0n) is 13.0. The zero-order chi connectivity index (χ0) is 17.2. The number of ether oxygens (including phenoxy) is 2. The van der Waals surface area contributed by atoms with Crippen LogP contribution in [0.1, 0.15) is 19.2 Å². The molecule has 1 aliphatic rings. The molecule has 1 aromatic heterocycles. The Bertz CT molecular complexity index is 703. The van der Waals surface area contributed by atoms with Crippen LogP contribution in [0, 0.1) is 0 Å². The van der Waals surface area contributed by atoms with Crippen LogP contribution in [-0.4, -0.2) is 41.1 Å². The largest absolute Gasteiger partial charge is 0.454 e. The minimum absolute atomic E-state index is 0.109. The second kappa shape index (κ2) is 6.68. The predicted octanol–water partition coefficient (Wildman–Crippen LogP) is 3.24. The Labute approximate surface area is 136 Å². The van der Waals surface area contributed by atoms with Crippen molar-refractivity contribution in [3.8, 4) is 22.9 Å². The number of aromatic nitrogens is 2. The zero-order valence-corrected chi connectivity index (χ0v) is 13.0. The second-order valence-electron chi connectivity index (χ2n) is 5.31. The topological polar surface area (TPSA) is 60.6 Å². The van der Waals surface area contributed by atoms with Crippen LogP contribution in [0.5, 0.6) is 11.5 Å². The van der Waals surface area contributed by atoms with Crippen LogP contribution in [0.2, 0.25) is 0 Å². The van der Waals surface area contributed by atoms with Crippen molar-refractivity contribution < 1.29 is 27.2 Å². The molecule has 3 rings (SSSR count). The van der Waals surface area contributed by atoms with Gasteiger partial charge < -0.3 is 14.0 Å². The van der Waals surface area contributed by atoms with E-state index < -0.39 is 12.6 Å². The third kappa shape index (κ3) is 3.97. The Kier molecular flexibility index (Phi) is 4.61. The molecule has 130 valence electrons. The fourth-order valence-corrected chi connectivity index (χ4v) is 2.30. The molecule has 0 N–H and O–H groups in total. The number of fused-ring (bicyclic) bond motifs is 1. The van der Waals surface area contributed by atoms with E-state index in [1.165, 1.54) is 0 Å². The number of hydrogen-bond donors (Lipinski definition) is 0. The first-order valence-corrected chi connectivity index (χ1v) is 7.46. The van der Waals surface area contributed by atoms with Gasteiger partial charge in [-0.25, -0.2) is 0 Å².